The van der Waals surface area contributed by atoms with Crippen molar-refractivity contribution >= 4 is 43.9 Å². The second-order valence-electron chi connectivity index (χ2n) is 4.15. The number of hydrogen-bond acceptors (Lipinski definition) is 6. The van der Waals surface area contributed by atoms with E-state index in [0.717, 1.165) is 11.3 Å². The van der Waals surface area contributed by atoms with Crippen molar-refractivity contribution in [2.75, 3.05) is 10.0 Å². The first-order valence-electron chi connectivity index (χ1n) is 5.87. The molecular weight excluding hydrogens is 330 g/mol. The Balaban J connectivity index is 2.25. The van der Waals surface area contributed by atoms with Crippen LogP contribution in [0.3, 0.4) is 0 Å². The molecular formula is C12H11N3O5S2. The van der Waals surface area contributed by atoms with Crippen molar-refractivity contribution < 1.29 is 23.1 Å². The molecule has 1 heterocycles. The number of hydrogen-bond donors (Lipinski definition) is 3. The van der Waals surface area contributed by atoms with Crippen molar-refractivity contribution in [2.24, 2.45) is 0 Å². The van der Waals surface area contributed by atoms with Gasteiger partial charge in [0.05, 0.1) is 10.4 Å². The molecule has 0 radical (unpaired) electrons. The van der Waals surface area contributed by atoms with E-state index in [1.165, 1.54) is 36.7 Å². The van der Waals surface area contributed by atoms with E-state index < -0.39 is 16.0 Å². The summed E-state index contributed by atoms with van der Waals surface area (Å²) in [4.78, 5) is 25.3. The van der Waals surface area contributed by atoms with Gasteiger partial charge in [0, 0.05) is 12.6 Å². The molecule has 0 unspecified atom stereocenters. The van der Waals surface area contributed by atoms with Crippen molar-refractivity contribution in [3.63, 3.8) is 0 Å². The third-order valence-electron chi connectivity index (χ3n) is 2.48. The summed E-state index contributed by atoms with van der Waals surface area (Å²) < 4.78 is 26.6. The standard InChI is InChI=1S/C12H11N3O5S2/c1-7(16)14-8-2-4-9(5-3-8)22(19,20)15-11-10(12(17)18)13-6-21-11/h2-6,15H,1H3,(H,14,16)(H,17,18). The number of benzene rings is 1. The molecule has 22 heavy (non-hydrogen) atoms. The summed E-state index contributed by atoms with van der Waals surface area (Å²) in [7, 11) is -3.94. The zero-order valence-electron chi connectivity index (χ0n) is 11.2. The molecule has 0 atom stereocenters. The lowest BCUT2D eigenvalue weighted by molar-refractivity contribution is -0.114. The van der Waals surface area contributed by atoms with Crippen LogP contribution in [0.25, 0.3) is 0 Å². The van der Waals surface area contributed by atoms with Gasteiger partial charge in [0.1, 0.15) is 5.00 Å². The number of nitrogens with zero attached hydrogens (tertiary/aromatic N) is 1. The number of aromatic nitrogens is 1. The normalized spacial score (nSPS) is 11.0. The Morgan fingerprint density at radius 2 is 1.86 bits per heavy atom. The SMILES string of the molecule is CC(=O)Nc1ccc(S(=O)(=O)Nc2scnc2C(=O)O)cc1. The average Bonchev–Trinajstić information content (AvgIpc) is 2.86. The molecule has 0 aliphatic carbocycles. The first kappa shape index (κ1) is 15.9. The van der Waals surface area contributed by atoms with Gasteiger partial charge in [-0.2, -0.15) is 0 Å². The fraction of sp³-hybridized carbons (Fsp3) is 0.0833. The van der Waals surface area contributed by atoms with E-state index in [9.17, 15) is 18.0 Å². The summed E-state index contributed by atoms with van der Waals surface area (Å²) >= 11 is 0.872. The summed E-state index contributed by atoms with van der Waals surface area (Å²) in [5.74, 6) is -1.59. The van der Waals surface area contributed by atoms with Crippen molar-refractivity contribution in [1.82, 2.24) is 4.98 Å². The molecule has 0 saturated carbocycles. The lowest BCUT2D eigenvalue weighted by Crippen LogP contribution is -2.14. The first-order chi connectivity index (χ1) is 10.3. The highest BCUT2D eigenvalue weighted by Gasteiger charge is 2.20. The van der Waals surface area contributed by atoms with Crippen molar-refractivity contribution in [2.45, 2.75) is 11.8 Å². The smallest absolute Gasteiger partial charge is 0.357 e. The minimum atomic E-state index is -3.94. The van der Waals surface area contributed by atoms with Gasteiger partial charge < -0.3 is 10.4 Å². The number of thiazole rings is 1. The van der Waals surface area contributed by atoms with Crippen molar-refractivity contribution in [3.05, 3.63) is 35.5 Å². The van der Waals surface area contributed by atoms with Crippen LogP contribution in [-0.4, -0.2) is 30.4 Å². The number of sulfonamides is 1. The minimum Gasteiger partial charge on any atom is -0.476 e. The van der Waals surface area contributed by atoms with E-state index in [0.29, 0.717) is 5.69 Å². The Bertz CT molecular complexity index is 812. The third-order valence-corrected chi connectivity index (χ3v) is 4.72. The van der Waals surface area contributed by atoms with Crippen molar-refractivity contribution in [1.29, 1.82) is 0 Å². The zero-order valence-corrected chi connectivity index (χ0v) is 12.9. The number of carbonyl (C=O) groups excluding carboxylic acids is 1. The lowest BCUT2D eigenvalue weighted by Gasteiger charge is -2.08. The molecule has 116 valence electrons. The van der Waals surface area contributed by atoms with Gasteiger partial charge in [-0.3, -0.25) is 9.52 Å². The van der Waals surface area contributed by atoms with Crippen LogP contribution in [0.15, 0.2) is 34.7 Å². The van der Waals surface area contributed by atoms with E-state index >= 15 is 0 Å². The molecule has 3 N–H and O–H groups in total. The molecule has 0 bridgehead atoms. The van der Waals surface area contributed by atoms with Gasteiger partial charge in [-0.1, -0.05) is 0 Å². The third kappa shape index (κ3) is 3.59. The Labute approximate surface area is 129 Å². The molecule has 1 amide bonds. The predicted molar refractivity (Wildman–Crippen MR) is 80.6 cm³/mol. The summed E-state index contributed by atoms with van der Waals surface area (Å²) in [6.07, 6.45) is 0. The topological polar surface area (TPSA) is 125 Å². The molecule has 0 saturated heterocycles. The van der Waals surface area contributed by atoms with Crippen LogP contribution in [0, 0.1) is 0 Å². The van der Waals surface area contributed by atoms with Crippen LogP contribution in [0.5, 0.6) is 0 Å². The average molecular weight is 341 g/mol. The van der Waals surface area contributed by atoms with Gasteiger partial charge in [0.25, 0.3) is 10.0 Å². The molecule has 0 aliphatic rings. The van der Waals surface area contributed by atoms with E-state index in [1.54, 1.807) is 0 Å². The van der Waals surface area contributed by atoms with Gasteiger partial charge in [0.15, 0.2) is 5.69 Å². The van der Waals surface area contributed by atoms with E-state index in [4.69, 9.17) is 5.11 Å². The fourth-order valence-corrected chi connectivity index (χ4v) is 3.56. The summed E-state index contributed by atoms with van der Waals surface area (Å²) in [5, 5.41) is 11.4. The van der Waals surface area contributed by atoms with Crippen LogP contribution in [0.2, 0.25) is 0 Å². The molecule has 0 fully saturated rings. The van der Waals surface area contributed by atoms with E-state index in [1.807, 2.05) is 0 Å². The second-order valence-corrected chi connectivity index (χ2v) is 6.68. The van der Waals surface area contributed by atoms with Gasteiger partial charge >= 0.3 is 5.97 Å². The number of carbonyl (C=O) groups is 2. The van der Waals surface area contributed by atoms with Crippen LogP contribution >= 0.6 is 11.3 Å². The van der Waals surface area contributed by atoms with Gasteiger partial charge in [0.2, 0.25) is 5.91 Å². The van der Waals surface area contributed by atoms with Gasteiger partial charge in [-0.15, -0.1) is 11.3 Å². The number of rotatable bonds is 5. The largest absolute Gasteiger partial charge is 0.476 e. The maximum absolute atomic E-state index is 12.2. The number of carboxylic acid groups (broad SMARTS) is 1. The summed E-state index contributed by atoms with van der Waals surface area (Å²) in [6, 6.07) is 5.46. The fourth-order valence-electron chi connectivity index (χ4n) is 1.57. The second kappa shape index (κ2) is 6.12. The molecule has 0 aliphatic heterocycles. The summed E-state index contributed by atoms with van der Waals surface area (Å²) in [6.45, 7) is 1.34. The monoisotopic (exact) mass is 341 g/mol. The van der Waals surface area contributed by atoms with Crippen LogP contribution < -0.4 is 10.0 Å². The highest BCUT2D eigenvalue weighted by Crippen LogP contribution is 2.24. The molecule has 10 heteroatoms. The Morgan fingerprint density at radius 3 is 2.41 bits per heavy atom. The Hall–Kier alpha value is -2.46. The number of aromatic carboxylic acids is 1. The number of carboxylic acids is 1. The van der Waals surface area contributed by atoms with Crippen LogP contribution in [0.1, 0.15) is 17.4 Å². The molecule has 2 aromatic rings. The first-order valence-corrected chi connectivity index (χ1v) is 8.23. The minimum absolute atomic E-state index is 0.0636. The molecule has 8 nitrogen and oxygen atoms in total. The van der Waals surface area contributed by atoms with Crippen molar-refractivity contribution in [3.8, 4) is 0 Å². The Morgan fingerprint density at radius 1 is 1.23 bits per heavy atom. The molecule has 1 aromatic carbocycles. The molecule has 0 spiro atoms. The van der Waals surface area contributed by atoms with Crippen LogP contribution in [-0.2, 0) is 14.8 Å². The maximum atomic E-state index is 12.2. The highest BCUT2D eigenvalue weighted by atomic mass is 32.2. The zero-order chi connectivity index (χ0) is 16.3. The van der Waals surface area contributed by atoms with Gasteiger partial charge in [-0.25, -0.2) is 18.2 Å². The van der Waals surface area contributed by atoms with E-state index in [-0.39, 0.29) is 21.5 Å². The predicted octanol–water partition coefficient (Wildman–Crippen LogP) is 1.60. The molecule has 1 aromatic heterocycles. The van der Waals surface area contributed by atoms with Gasteiger partial charge in [-0.05, 0) is 24.3 Å². The lowest BCUT2D eigenvalue weighted by atomic mass is 10.3. The number of nitrogens with one attached hydrogen (secondary N) is 2. The quantitative estimate of drug-likeness (QED) is 0.758. The number of anilines is 2. The summed E-state index contributed by atoms with van der Waals surface area (Å²) in [5.41, 5.74) is 1.33. The number of amides is 1. The maximum Gasteiger partial charge on any atom is 0.357 e. The van der Waals surface area contributed by atoms with E-state index in [2.05, 4.69) is 15.0 Å². The van der Waals surface area contributed by atoms with Crippen LogP contribution in [0.4, 0.5) is 10.7 Å². The Kier molecular flexibility index (Phi) is 4.43. The molecule has 2 rings (SSSR count). The highest BCUT2D eigenvalue weighted by molar-refractivity contribution is 7.93.